The van der Waals surface area contributed by atoms with Crippen LogP contribution in [0.3, 0.4) is 0 Å². The fraction of sp³-hybridized carbons (Fsp3) is 0.0667. The van der Waals surface area contributed by atoms with Crippen LogP contribution in [-0.4, -0.2) is 5.78 Å². The van der Waals surface area contributed by atoms with Gasteiger partial charge in [0.15, 0.2) is 5.78 Å². The van der Waals surface area contributed by atoms with Crippen LogP contribution in [0, 0.1) is 17.1 Å². The summed E-state index contributed by atoms with van der Waals surface area (Å²) in [7, 11) is 0. The highest BCUT2D eigenvalue weighted by Crippen LogP contribution is 2.25. The number of hydrogen-bond acceptors (Lipinski definition) is 2. The number of hydrogen-bond donors (Lipinski definition) is 0. The first-order valence-electron chi connectivity index (χ1n) is 5.57. The Hall–Kier alpha value is -1.99. The maximum atomic E-state index is 13.2. The fourth-order valence-electron chi connectivity index (χ4n) is 1.77. The fourth-order valence-corrected chi connectivity index (χ4v) is 2.21. The maximum absolute atomic E-state index is 13.2. The van der Waals surface area contributed by atoms with Crippen molar-refractivity contribution in [1.29, 1.82) is 5.26 Å². The molecule has 0 saturated carbocycles. The lowest BCUT2D eigenvalue weighted by Gasteiger charge is -2.10. The molecule has 2 rings (SSSR count). The molecule has 2 aromatic rings. The van der Waals surface area contributed by atoms with Crippen molar-refractivity contribution in [2.75, 3.05) is 0 Å². The molecule has 19 heavy (non-hydrogen) atoms. The number of carbonyl (C=O) groups excluding carboxylic acids is 1. The Labute approximate surface area is 118 Å². The van der Waals surface area contributed by atoms with Gasteiger partial charge < -0.3 is 0 Å². The Balaban J connectivity index is 2.43. The molecule has 0 aliphatic carbocycles. The summed E-state index contributed by atoms with van der Waals surface area (Å²) >= 11 is 3.20. The second-order valence-corrected chi connectivity index (χ2v) is 4.82. The minimum Gasteiger partial charge on any atom is -0.292 e. The normalized spacial score (nSPS) is 11.6. The largest absolute Gasteiger partial charge is 0.292 e. The molecule has 0 N–H and O–H groups in total. The van der Waals surface area contributed by atoms with Crippen LogP contribution in [0.5, 0.6) is 0 Å². The summed E-state index contributed by atoms with van der Waals surface area (Å²) in [5.41, 5.74) is 0.779. The highest BCUT2D eigenvalue weighted by molar-refractivity contribution is 9.10. The monoisotopic (exact) mass is 317 g/mol. The van der Waals surface area contributed by atoms with Crippen LogP contribution in [0.4, 0.5) is 4.39 Å². The summed E-state index contributed by atoms with van der Waals surface area (Å²) in [5, 5.41) is 9.19. The number of benzene rings is 2. The van der Waals surface area contributed by atoms with Gasteiger partial charge in [0.2, 0.25) is 0 Å². The zero-order valence-electron chi connectivity index (χ0n) is 9.81. The van der Waals surface area contributed by atoms with Gasteiger partial charge in [0.1, 0.15) is 11.7 Å². The van der Waals surface area contributed by atoms with E-state index in [1.165, 1.54) is 12.1 Å². The first kappa shape index (κ1) is 13.4. The quantitative estimate of drug-likeness (QED) is 0.800. The van der Waals surface area contributed by atoms with Crippen molar-refractivity contribution < 1.29 is 9.18 Å². The zero-order valence-corrected chi connectivity index (χ0v) is 11.4. The third kappa shape index (κ3) is 2.88. The van der Waals surface area contributed by atoms with E-state index in [4.69, 9.17) is 0 Å². The van der Waals surface area contributed by atoms with E-state index in [0.29, 0.717) is 10.0 Å². The SMILES string of the molecule is N#CC(C(=O)c1cc(F)ccc1Br)c1ccccc1. The van der Waals surface area contributed by atoms with Gasteiger partial charge in [-0.1, -0.05) is 46.3 Å². The molecule has 4 heteroatoms. The zero-order chi connectivity index (χ0) is 13.8. The highest BCUT2D eigenvalue weighted by Gasteiger charge is 2.23. The van der Waals surface area contributed by atoms with E-state index in [-0.39, 0.29) is 5.56 Å². The molecule has 0 aromatic heterocycles. The molecule has 0 radical (unpaired) electrons. The summed E-state index contributed by atoms with van der Waals surface area (Å²) in [5.74, 6) is -1.85. The number of rotatable bonds is 3. The van der Waals surface area contributed by atoms with Crippen LogP contribution < -0.4 is 0 Å². The van der Waals surface area contributed by atoms with Gasteiger partial charge in [-0.3, -0.25) is 4.79 Å². The first-order chi connectivity index (χ1) is 9.13. The van der Waals surface area contributed by atoms with E-state index < -0.39 is 17.5 Å². The minimum atomic E-state index is -0.931. The lowest BCUT2D eigenvalue weighted by atomic mass is 9.92. The Morgan fingerprint density at radius 3 is 2.53 bits per heavy atom. The average molecular weight is 318 g/mol. The van der Waals surface area contributed by atoms with Gasteiger partial charge in [0, 0.05) is 10.0 Å². The summed E-state index contributed by atoms with van der Waals surface area (Å²) in [6.07, 6.45) is 0. The highest BCUT2D eigenvalue weighted by atomic mass is 79.9. The van der Waals surface area contributed by atoms with Gasteiger partial charge in [-0.05, 0) is 23.8 Å². The predicted octanol–water partition coefficient (Wildman–Crippen LogP) is 4.08. The van der Waals surface area contributed by atoms with E-state index in [2.05, 4.69) is 15.9 Å². The molecule has 0 heterocycles. The third-order valence-corrected chi connectivity index (χ3v) is 3.41. The van der Waals surface area contributed by atoms with Crippen molar-refractivity contribution in [2.24, 2.45) is 0 Å². The summed E-state index contributed by atoms with van der Waals surface area (Å²) in [6.45, 7) is 0. The smallest absolute Gasteiger partial charge is 0.185 e. The van der Waals surface area contributed by atoms with Gasteiger partial charge >= 0.3 is 0 Å². The summed E-state index contributed by atoms with van der Waals surface area (Å²) in [4.78, 5) is 12.3. The number of nitrogens with zero attached hydrogens (tertiary/aromatic N) is 1. The molecule has 1 unspecified atom stereocenters. The lowest BCUT2D eigenvalue weighted by molar-refractivity contribution is 0.0977. The minimum absolute atomic E-state index is 0.176. The van der Waals surface area contributed by atoms with Gasteiger partial charge in [-0.2, -0.15) is 5.26 Å². The predicted molar refractivity (Wildman–Crippen MR) is 73.2 cm³/mol. The van der Waals surface area contributed by atoms with Crippen LogP contribution in [0.25, 0.3) is 0 Å². The molecule has 2 nitrogen and oxygen atoms in total. The molecule has 0 fully saturated rings. The molecular weight excluding hydrogens is 309 g/mol. The van der Waals surface area contributed by atoms with Crippen molar-refractivity contribution in [1.82, 2.24) is 0 Å². The van der Waals surface area contributed by atoms with Crippen molar-refractivity contribution in [3.05, 3.63) is 69.9 Å². The Kier molecular flexibility index (Phi) is 4.08. The van der Waals surface area contributed by atoms with Crippen LogP contribution >= 0.6 is 15.9 Å². The second-order valence-electron chi connectivity index (χ2n) is 3.96. The summed E-state index contributed by atoms with van der Waals surface area (Å²) < 4.78 is 13.7. The number of carbonyl (C=O) groups is 1. The molecular formula is C15H9BrFNO. The van der Waals surface area contributed by atoms with Gasteiger partial charge in [0.05, 0.1) is 6.07 Å². The number of ketones is 1. The molecule has 0 aliphatic heterocycles. The average Bonchev–Trinajstić information content (AvgIpc) is 2.43. The first-order valence-corrected chi connectivity index (χ1v) is 6.36. The number of Topliss-reactive ketones (excluding diaryl/α,β-unsaturated/α-hetero) is 1. The molecule has 2 aromatic carbocycles. The van der Waals surface area contributed by atoms with E-state index in [9.17, 15) is 14.4 Å². The Bertz CT molecular complexity index is 649. The van der Waals surface area contributed by atoms with Gasteiger partial charge in [-0.15, -0.1) is 0 Å². The third-order valence-electron chi connectivity index (χ3n) is 2.72. The number of nitriles is 1. The molecule has 0 saturated heterocycles. The molecule has 0 amide bonds. The van der Waals surface area contributed by atoms with Crippen LogP contribution in [-0.2, 0) is 0 Å². The van der Waals surface area contributed by atoms with E-state index in [1.54, 1.807) is 30.3 Å². The van der Waals surface area contributed by atoms with Crippen LogP contribution in [0.1, 0.15) is 21.8 Å². The molecule has 94 valence electrons. The van der Waals surface area contributed by atoms with Crippen molar-refractivity contribution >= 4 is 21.7 Å². The Morgan fingerprint density at radius 1 is 1.21 bits per heavy atom. The van der Waals surface area contributed by atoms with Crippen molar-refractivity contribution in [2.45, 2.75) is 5.92 Å². The standard InChI is InChI=1S/C15H9BrFNO/c16-14-7-6-11(17)8-12(14)15(19)13(9-18)10-4-2-1-3-5-10/h1-8,13H. The van der Waals surface area contributed by atoms with Crippen molar-refractivity contribution in [3.63, 3.8) is 0 Å². The van der Waals surface area contributed by atoms with Gasteiger partial charge in [-0.25, -0.2) is 4.39 Å². The topological polar surface area (TPSA) is 40.9 Å². The second kappa shape index (κ2) is 5.77. The molecule has 0 aliphatic rings. The maximum Gasteiger partial charge on any atom is 0.185 e. The molecule has 0 bridgehead atoms. The van der Waals surface area contributed by atoms with E-state index in [0.717, 1.165) is 6.07 Å². The van der Waals surface area contributed by atoms with Crippen molar-refractivity contribution in [3.8, 4) is 6.07 Å². The Morgan fingerprint density at radius 2 is 1.89 bits per heavy atom. The molecule has 0 spiro atoms. The van der Waals surface area contributed by atoms with E-state index in [1.807, 2.05) is 6.07 Å². The van der Waals surface area contributed by atoms with E-state index >= 15 is 0 Å². The van der Waals surface area contributed by atoms with Crippen LogP contribution in [0.2, 0.25) is 0 Å². The lowest BCUT2D eigenvalue weighted by Crippen LogP contribution is -2.12. The number of halogens is 2. The molecule has 1 atom stereocenters. The summed E-state index contributed by atoms with van der Waals surface area (Å²) in [6, 6.07) is 14.6. The van der Waals surface area contributed by atoms with Gasteiger partial charge in [0.25, 0.3) is 0 Å². The van der Waals surface area contributed by atoms with Crippen LogP contribution in [0.15, 0.2) is 53.0 Å².